The van der Waals surface area contributed by atoms with Crippen LogP contribution in [0.1, 0.15) is 22.3 Å². The summed E-state index contributed by atoms with van der Waals surface area (Å²) < 4.78 is 2.52. The lowest BCUT2D eigenvalue weighted by Crippen LogP contribution is -2.33. The normalized spacial score (nSPS) is 14.4. The van der Waals surface area contributed by atoms with E-state index in [2.05, 4.69) is 252 Å². The largest absolute Gasteiger partial charge is 0.309 e. The third-order valence-electron chi connectivity index (χ3n) is 13.6. The standard InChI is InChI=1S/C61H40N2/c1-3-19-41(20-4-1)43-23-15-25-45(39-43)47-27-8-12-35-55(47)62(46-26-16-24-44(40-46)42-21-5-2-6-22-42)58-38-18-33-53-59(58)50-29-7-10-31-51(50)61(53)52-32-11-14-37-57(52)63-56-36-13-9-28-48(56)49-30-17-34-54(61)60(49)63/h1-40H. The molecule has 2 nitrogen and oxygen atoms in total. The first-order valence-electron chi connectivity index (χ1n) is 21.9. The van der Waals surface area contributed by atoms with Crippen molar-refractivity contribution < 1.29 is 0 Å². The van der Waals surface area contributed by atoms with Crippen LogP contribution in [-0.2, 0) is 5.41 Å². The summed E-state index contributed by atoms with van der Waals surface area (Å²) in [4.78, 5) is 2.53. The summed E-state index contributed by atoms with van der Waals surface area (Å²) in [6.45, 7) is 0. The molecule has 0 radical (unpaired) electrons. The van der Waals surface area contributed by atoms with Crippen molar-refractivity contribution in [1.29, 1.82) is 0 Å². The maximum atomic E-state index is 2.53. The molecule has 1 aromatic heterocycles. The minimum absolute atomic E-state index is 0.566. The zero-order chi connectivity index (χ0) is 41.5. The van der Waals surface area contributed by atoms with Crippen molar-refractivity contribution in [3.63, 3.8) is 0 Å². The highest BCUT2D eigenvalue weighted by atomic mass is 15.1. The first kappa shape index (κ1) is 35.5. The molecule has 63 heavy (non-hydrogen) atoms. The molecule has 0 amide bonds. The van der Waals surface area contributed by atoms with Crippen LogP contribution in [-0.4, -0.2) is 4.57 Å². The SMILES string of the molecule is c1ccc(-c2cccc(-c3ccccc3N(c3cccc(-c4ccccc4)c3)c3cccc4c3-c3ccccc3C43c4ccccc4-n4c5ccccc5c5cccc3c54)c2)cc1. The second kappa shape index (κ2) is 13.9. The Balaban J connectivity index is 1.12. The Kier molecular flexibility index (Phi) is 7.85. The van der Waals surface area contributed by atoms with Gasteiger partial charge in [-0.25, -0.2) is 0 Å². The van der Waals surface area contributed by atoms with E-state index in [9.17, 15) is 0 Å². The number of nitrogens with zero attached hydrogens (tertiary/aromatic N) is 2. The molecule has 0 bridgehead atoms. The highest BCUT2D eigenvalue weighted by Gasteiger charge is 2.51. The number of aromatic nitrogens is 1. The van der Waals surface area contributed by atoms with E-state index >= 15 is 0 Å². The fourth-order valence-corrected chi connectivity index (χ4v) is 11.1. The van der Waals surface area contributed by atoms with Gasteiger partial charge in [0.05, 0.1) is 33.5 Å². The molecule has 0 N–H and O–H groups in total. The van der Waals surface area contributed by atoms with Gasteiger partial charge < -0.3 is 9.47 Å². The Morgan fingerprint density at radius 1 is 0.333 bits per heavy atom. The Labute approximate surface area is 367 Å². The van der Waals surface area contributed by atoms with Crippen molar-refractivity contribution in [2.75, 3.05) is 4.90 Å². The molecule has 11 aromatic rings. The van der Waals surface area contributed by atoms with Crippen molar-refractivity contribution in [3.8, 4) is 50.2 Å². The van der Waals surface area contributed by atoms with Crippen molar-refractivity contribution in [2.45, 2.75) is 5.41 Å². The van der Waals surface area contributed by atoms with Gasteiger partial charge in [0.15, 0.2) is 0 Å². The molecule has 0 fully saturated rings. The average molecular weight is 801 g/mol. The van der Waals surface area contributed by atoms with Gasteiger partial charge >= 0.3 is 0 Å². The lowest BCUT2D eigenvalue weighted by molar-refractivity contribution is 0.748. The summed E-state index contributed by atoms with van der Waals surface area (Å²) in [6, 6.07) is 89.6. The third kappa shape index (κ3) is 5.13. The maximum absolute atomic E-state index is 2.53. The fraction of sp³-hybridized carbons (Fsp3) is 0.0164. The van der Waals surface area contributed by atoms with Gasteiger partial charge in [-0.1, -0.05) is 200 Å². The van der Waals surface area contributed by atoms with Gasteiger partial charge in [0, 0.05) is 27.6 Å². The third-order valence-corrected chi connectivity index (χ3v) is 13.6. The smallest absolute Gasteiger partial charge is 0.0755 e. The fourth-order valence-electron chi connectivity index (χ4n) is 11.1. The van der Waals surface area contributed by atoms with Crippen LogP contribution in [0, 0.1) is 0 Å². The summed E-state index contributed by atoms with van der Waals surface area (Å²) >= 11 is 0. The molecule has 1 aliphatic heterocycles. The Hall–Kier alpha value is -8.20. The van der Waals surface area contributed by atoms with E-state index in [-0.39, 0.29) is 0 Å². The van der Waals surface area contributed by atoms with Crippen LogP contribution in [0.2, 0.25) is 0 Å². The Bertz CT molecular complexity index is 3580. The van der Waals surface area contributed by atoms with E-state index in [1.165, 1.54) is 88.7 Å². The molecule has 0 saturated heterocycles. The van der Waals surface area contributed by atoms with E-state index in [0.717, 1.165) is 22.6 Å². The first-order chi connectivity index (χ1) is 31.3. The van der Waals surface area contributed by atoms with Gasteiger partial charge in [-0.2, -0.15) is 0 Å². The van der Waals surface area contributed by atoms with E-state index in [0.29, 0.717) is 0 Å². The van der Waals surface area contributed by atoms with E-state index in [4.69, 9.17) is 0 Å². The Morgan fingerprint density at radius 3 is 1.70 bits per heavy atom. The molecule has 1 unspecified atom stereocenters. The molecule has 0 saturated carbocycles. The molecule has 13 rings (SSSR count). The van der Waals surface area contributed by atoms with Crippen LogP contribution in [0.15, 0.2) is 243 Å². The van der Waals surface area contributed by atoms with Gasteiger partial charge in [0.1, 0.15) is 0 Å². The second-order valence-electron chi connectivity index (χ2n) is 16.8. The zero-order valence-corrected chi connectivity index (χ0v) is 34.5. The second-order valence-corrected chi connectivity index (χ2v) is 16.8. The predicted octanol–water partition coefficient (Wildman–Crippen LogP) is 15.9. The minimum Gasteiger partial charge on any atom is -0.309 e. The van der Waals surface area contributed by atoms with Crippen molar-refractivity contribution in [1.82, 2.24) is 4.57 Å². The molecule has 1 spiro atoms. The van der Waals surface area contributed by atoms with E-state index in [1.807, 2.05) is 0 Å². The lowest BCUT2D eigenvalue weighted by atomic mass is 9.65. The molecule has 294 valence electrons. The molecular weight excluding hydrogens is 761 g/mol. The number of para-hydroxylation sites is 4. The molecule has 2 heteroatoms. The number of rotatable bonds is 6. The van der Waals surface area contributed by atoms with Gasteiger partial charge in [0.2, 0.25) is 0 Å². The summed E-state index contributed by atoms with van der Waals surface area (Å²) in [5.74, 6) is 0. The molecule has 2 aliphatic rings. The number of hydrogen-bond acceptors (Lipinski definition) is 1. The van der Waals surface area contributed by atoms with Crippen molar-refractivity contribution in [3.05, 3.63) is 265 Å². The minimum atomic E-state index is -0.566. The summed E-state index contributed by atoms with van der Waals surface area (Å²) in [7, 11) is 0. The summed E-state index contributed by atoms with van der Waals surface area (Å²) in [5, 5.41) is 2.56. The molecule has 1 atom stereocenters. The number of fused-ring (bicyclic) bond motifs is 12. The molecule has 10 aromatic carbocycles. The lowest BCUT2D eigenvalue weighted by Gasteiger charge is -2.39. The molecular formula is C61H40N2. The topological polar surface area (TPSA) is 8.17 Å². The van der Waals surface area contributed by atoms with Crippen LogP contribution in [0.5, 0.6) is 0 Å². The zero-order valence-electron chi connectivity index (χ0n) is 34.5. The van der Waals surface area contributed by atoms with Crippen LogP contribution in [0.3, 0.4) is 0 Å². The van der Waals surface area contributed by atoms with Gasteiger partial charge in [-0.05, 0) is 98.1 Å². The van der Waals surface area contributed by atoms with Crippen LogP contribution in [0.25, 0.3) is 72.0 Å². The Morgan fingerprint density at radius 2 is 0.873 bits per heavy atom. The molecule has 2 heterocycles. The monoisotopic (exact) mass is 800 g/mol. The van der Waals surface area contributed by atoms with Gasteiger partial charge in [0.25, 0.3) is 0 Å². The summed E-state index contributed by atoms with van der Waals surface area (Å²) in [6.07, 6.45) is 0. The number of hydrogen-bond donors (Lipinski definition) is 0. The number of anilines is 3. The highest BCUT2D eigenvalue weighted by molar-refractivity contribution is 6.13. The van der Waals surface area contributed by atoms with Gasteiger partial charge in [-0.15, -0.1) is 0 Å². The van der Waals surface area contributed by atoms with Crippen molar-refractivity contribution in [2.24, 2.45) is 0 Å². The van der Waals surface area contributed by atoms with Crippen LogP contribution >= 0.6 is 0 Å². The van der Waals surface area contributed by atoms with Crippen LogP contribution < -0.4 is 4.90 Å². The number of benzene rings is 10. The first-order valence-corrected chi connectivity index (χ1v) is 21.9. The summed E-state index contributed by atoms with van der Waals surface area (Å²) in [5.41, 5.74) is 21.4. The van der Waals surface area contributed by atoms with E-state index in [1.54, 1.807) is 0 Å². The van der Waals surface area contributed by atoms with Gasteiger partial charge in [-0.3, -0.25) is 0 Å². The average Bonchev–Trinajstić information content (AvgIpc) is 3.86. The maximum Gasteiger partial charge on any atom is 0.0755 e. The highest BCUT2D eigenvalue weighted by Crippen LogP contribution is 2.63. The quantitative estimate of drug-likeness (QED) is 0.163. The van der Waals surface area contributed by atoms with E-state index < -0.39 is 5.41 Å². The van der Waals surface area contributed by atoms with Crippen LogP contribution in [0.4, 0.5) is 17.1 Å². The molecule has 1 aliphatic carbocycles. The van der Waals surface area contributed by atoms with Crippen molar-refractivity contribution >= 4 is 38.9 Å². The predicted molar refractivity (Wildman–Crippen MR) is 263 cm³/mol.